The Morgan fingerprint density at radius 1 is 0.420 bits per heavy atom. The Hall–Kier alpha value is -7.71. The summed E-state index contributed by atoms with van der Waals surface area (Å²) in [5, 5.41) is 11.4. The van der Waals surface area contributed by atoms with Crippen molar-refractivity contribution in [1.29, 1.82) is 0 Å². The zero-order valence-electron chi connectivity index (χ0n) is 47.9. The molecule has 0 bridgehead atoms. The molecule has 1 fully saturated rings. The SMILES string of the molecule is CC(C)(C)c1ccc(N(c2ccc(-c3ccccc3)cc2)c2cc(B3OC(C)(C)C(C)(C)O3)cc(N(c3ccc(C(C)(C)C)cc3-c3ccc4ccc5cccc6ccc3c4c56)c3csc4ccc(-c5ccccc5)cc34)c2Cl)cc1. The van der Waals surface area contributed by atoms with Gasteiger partial charge < -0.3 is 19.1 Å². The molecule has 1 aromatic heterocycles. The molecule has 0 radical (unpaired) electrons. The highest BCUT2D eigenvalue weighted by Gasteiger charge is 2.52. The van der Waals surface area contributed by atoms with Crippen LogP contribution in [-0.2, 0) is 20.1 Å². The van der Waals surface area contributed by atoms with Gasteiger partial charge in [0, 0.05) is 32.4 Å². The first-order valence-electron chi connectivity index (χ1n) is 28.2. The van der Waals surface area contributed by atoms with Gasteiger partial charge in [-0.3, -0.25) is 0 Å². The first kappa shape index (κ1) is 52.7. The van der Waals surface area contributed by atoms with E-state index in [0.717, 1.165) is 78.4 Å². The Kier molecular flexibility index (Phi) is 12.9. The fourth-order valence-electron chi connectivity index (χ4n) is 11.8. The predicted octanol–water partition coefficient (Wildman–Crippen LogP) is 21.3. The molecule has 0 N–H and O–H groups in total. The Bertz CT molecular complexity index is 4300. The van der Waals surface area contributed by atoms with Crippen LogP contribution in [0, 0.1) is 0 Å². The Balaban J connectivity index is 1.13. The Labute approximate surface area is 486 Å². The lowest BCUT2D eigenvalue weighted by atomic mass is 9.78. The molecule has 0 saturated carbocycles. The van der Waals surface area contributed by atoms with Crippen LogP contribution in [0.4, 0.5) is 34.1 Å². The smallest absolute Gasteiger partial charge is 0.399 e. The van der Waals surface area contributed by atoms with Gasteiger partial charge in [-0.25, -0.2) is 0 Å². The first-order chi connectivity index (χ1) is 38.8. The fourth-order valence-corrected chi connectivity index (χ4v) is 13.0. The lowest BCUT2D eigenvalue weighted by Crippen LogP contribution is -2.41. The molecule has 1 saturated heterocycles. The van der Waals surface area contributed by atoms with E-state index in [2.05, 4.69) is 297 Å². The number of halogens is 1. The van der Waals surface area contributed by atoms with Gasteiger partial charge in [0.25, 0.3) is 0 Å². The van der Waals surface area contributed by atoms with Crippen molar-refractivity contribution in [3.63, 3.8) is 0 Å². The maximum atomic E-state index is 8.50. The molecule has 0 amide bonds. The minimum Gasteiger partial charge on any atom is -0.399 e. The summed E-state index contributed by atoms with van der Waals surface area (Å²) in [4.78, 5) is 4.75. The van der Waals surface area contributed by atoms with Gasteiger partial charge >= 0.3 is 7.12 Å². The normalized spacial score (nSPS) is 14.4. The number of fused-ring (bicyclic) bond motifs is 1. The molecular formula is C74H66BClN2O2S. The number of thiophene rings is 1. The molecule has 12 aromatic rings. The van der Waals surface area contributed by atoms with E-state index in [4.69, 9.17) is 20.9 Å². The topological polar surface area (TPSA) is 24.9 Å². The van der Waals surface area contributed by atoms with Crippen molar-refractivity contribution >= 4 is 112 Å². The highest BCUT2D eigenvalue weighted by atomic mass is 35.5. The van der Waals surface area contributed by atoms with E-state index in [-0.39, 0.29) is 10.8 Å². The molecule has 1 aliphatic rings. The maximum absolute atomic E-state index is 8.50. The third kappa shape index (κ3) is 9.37. The molecule has 0 aliphatic carbocycles. The highest BCUT2D eigenvalue weighted by Crippen LogP contribution is 2.53. The van der Waals surface area contributed by atoms with E-state index in [1.165, 1.54) is 48.1 Å². The van der Waals surface area contributed by atoms with Crippen LogP contribution in [0.3, 0.4) is 0 Å². The summed E-state index contributed by atoms with van der Waals surface area (Å²) in [6, 6.07) is 77.8. The molecule has 13 rings (SSSR count). The molecule has 1 aliphatic heterocycles. The Morgan fingerprint density at radius 2 is 0.938 bits per heavy atom. The molecule has 400 valence electrons. The average Bonchev–Trinajstić information content (AvgIpc) is 4.16. The lowest BCUT2D eigenvalue weighted by molar-refractivity contribution is 0.00578. The number of nitrogens with zero attached hydrogens (tertiary/aromatic N) is 2. The number of benzene rings is 11. The summed E-state index contributed by atoms with van der Waals surface area (Å²) in [6.07, 6.45) is 0. The lowest BCUT2D eigenvalue weighted by Gasteiger charge is -2.34. The van der Waals surface area contributed by atoms with E-state index in [0.29, 0.717) is 5.02 Å². The summed E-state index contributed by atoms with van der Waals surface area (Å²) >= 11 is 10.3. The molecule has 4 nitrogen and oxygen atoms in total. The third-order valence-electron chi connectivity index (χ3n) is 17.1. The molecule has 11 aromatic carbocycles. The second kappa shape index (κ2) is 19.8. The van der Waals surface area contributed by atoms with Gasteiger partial charge in [0.1, 0.15) is 0 Å². The van der Waals surface area contributed by atoms with Crippen LogP contribution in [0.1, 0.15) is 80.4 Å². The number of rotatable bonds is 10. The van der Waals surface area contributed by atoms with E-state index in [1.54, 1.807) is 11.3 Å². The van der Waals surface area contributed by atoms with E-state index < -0.39 is 18.3 Å². The van der Waals surface area contributed by atoms with Crippen LogP contribution >= 0.6 is 22.9 Å². The fraction of sp³-hybridized carbons (Fsp3) is 0.189. The van der Waals surface area contributed by atoms with E-state index >= 15 is 0 Å². The van der Waals surface area contributed by atoms with E-state index in [1.807, 2.05) is 0 Å². The van der Waals surface area contributed by atoms with Crippen molar-refractivity contribution in [3.8, 4) is 33.4 Å². The third-order valence-corrected chi connectivity index (χ3v) is 18.4. The standard InChI is InChI=1S/C74H66BClN2O2S/c1-71(2,3)54-31-36-58(37-32-54)77(57-34-26-49(27-35-57)47-18-13-11-14-19-47)64-44-56(75-79-73(7,8)74(9,10)80-75)45-65(70(64)76)78(66-46-81-67-41-30-53(42-62(66)67)48-20-15-12-16-21-48)63-40-33-55(72(4,5)6)43-61(63)59-38-28-52-25-24-50-22-17-23-51-29-39-60(59)69(52)68(50)51/h11-46H,1-10H3. The molecule has 0 atom stereocenters. The summed E-state index contributed by atoms with van der Waals surface area (Å²) in [5.74, 6) is 0. The van der Waals surface area contributed by atoms with Gasteiger partial charge in [0.2, 0.25) is 0 Å². The zero-order valence-corrected chi connectivity index (χ0v) is 49.4. The molecule has 81 heavy (non-hydrogen) atoms. The summed E-state index contributed by atoms with van der Waals surface area (Å²) in [7, 11) is -0.721. The summed E-state index contributed by atoms with van der Waals surface area (Å²) < 4.78 is 15.3. The van der Waals surface area contributed by atoms with Crippen LogP contribution in [0.25, 0.3) is 75.8 Å². The van der Waals surface area contributed by atoms with Crippen LogP contribution in [-0.4, -0.2) is 18.3 Å². The molecule has 2 heterocycles. The van der Waals surface area contributed by atoms with Gasteiger partial charge in [-0.1, -0.05) is 205 Å². The van der Waals surface area contributed by atoms with Crippen LogP contribution < -0.4 is 15.3 Å². The van der Waals surface area contributed by atoms with Gasteiger partial charge in [-0.05, 0) is 176 Å². The van der Waals surface area contributed by atoms with E-state index in [9.17, 15) is 0 Å². The van der Waals surface area contributed by atoms with Crippen molar-refractivity contribution in [2.45, 2.75) is 91.3 Å². The predicted molar refractivity (Wildman–Crippen MR) is 349 cm³/mol. The van der Waals surface area contributed by atoms with Gasteiger partial charge in [-0.15, -0.1) is 11.3 Å². The van der Waals surface area contributed by atoms with Crippen molar-refractivity contribution in [1.82, 2.24) is 0 Å². The Morgan fingerprint density at radius 3 is 1.56 bits per heavy atom. The molecule has 7 heteroatoms. The van der Waals surface area contributed by atoms with Crippen molar-refractivity contribution < 1.29 is 9.31 Å². The zero-order chi connectivity index (χ0) is 56.2. The monoisotopic (exact) mass is 1090 g/mol. The first-order valence-corrected chi connectivity index (χ1v) is 29.5. The van der Waals surface area contributed by atoms with Gasteiger partial charge in [-0.2, -0.15) is 0 Å². The van der Waals surface area contributed by atoms with Crippen LogP contribution in [0.15, 0.2) is 218 Å². The van der Waals surface area contributed by atoms with Crippen molar-refractivity contribution in [2.24, 2.45) is 0 Å². The molecule has 0 spiro atoms. The molecule has 0 unspecified atom stereocenters. The van der Waals surface area contributed by atoms with Crippen molar-refractivity contribution in [2.75, 3.05) is 9.80 Å². The van der Waals surface area contributed by atoms with Gasteiger partial charge in [0.05, 0.1) is 39.0 Å². The quantitative estimate of drug-likeness (QED) is 0.101. The van der Waals surface area contributed by atoms with Crippen molar-refractivity contribution in [3.05, 3.63) is 234 Å². The minimum absolute atomic E-state index is 0.0543. The number of hydrogen-bond donors (Lipinski definition) is 0. The summed E-state index contributed by atoms with van der Waals surface area (Å²) in [5.41, 5.74) is 14.2. The largest absolute Gasteiger partial charge is 0.494 e. The van der Waals surface area contributed by atoms with Gasteiger partial charge in [0.15, 0.2) is 0 Å². The number of hydrogen-bond acceptors (Lipinski definition) is 5. The second-order valence-corrected chi connectivity index (χ2v) is 26.3. The maximum Gasteiger partial charge on any atom is 0.494 e. The summed E-state index contributed by atoms with van der Waals surface area (Å²) in [6.45, 7) is 22.2. The minimum atomic E-state index is -0.721. The number of anilines is 6. The molecular weight excluding hydrogens is 1030 g/mol. The average molecular weight is 1090 g/mol. The van der Waals surface area contributed by atoms with Crippen LogP contribution in [0.2, 0.25) is 5.02 Å². The second-order valence-electron chi connectivity index (χ2n) is 25.0. The highest BCUT2D eigenvalue weighted by molar-refractivity contribution is 7.17. The van der Waals surface area contributed by atoms with Crippen LogP contribution in [0.5, 0.6) is 0 Å².